The number of carbonyl (C=O) groups excluding carboxylic acids is 1. The van der Waals surface area contributed by atoms with E-state index in [-0.39, 0.29) is 18.1 Å². The Bertz CT molecular complexity index is 301. The molecule has 19 heavy (non-hydrogen) atoms. The monoisotopic (exact) mass is 268 g/mol. The van der Waals surface area contributed by atoms with Crippen molar-refractivity contribution in [3.63, 3.8) is 0 Å². The first-order chi connectivity index (χ1) is 9.08. The number of hydrogen-bond acceptors (Lipinski definition) is 3. The van der Waals surface area contributed by atoms with Gasteiger partial charge in [-0.25, -0.2) is 0 Å². The predicted octanol–water partition coefficient (Wildman–Crippen LogP) is 1.66. The van der Waals surface area contributed by atoms with Crippen LogP contribution in [0.4, 0.5) is 0 Å². The molecule has 0 aliphatic heterocycles. The Hall–Kier alpha value is -0.610. The lowest BCUT2D eigenvalue weighted by atomic mass is 9.84. The summed E-state index contributed by atoms with van der Waals surface area (Å²) in [6, 6.07) is 0.372. The minimum atomic E-state index is -0.331. The first-order valence-corrected chi connectivity index (χ1v) is 7.77. The van der Waals surface area contributed by atoms with E-state index in [2.05, 4.69) is 0 Å². The van der Waals surface area contributed by atoms with Gasteiger partial charge in [-0.2, -0.15) is 0 Å². The van der Waals surface area contributed by atoms with Gasteiger partial charge in [0.15, 0.2) is 0 Å². The fourth-order valence-electron chi connectivity index (χ4n) is 3.51. The fraction of sp³-hybridized carbons (Fsp3) is 0.933. The van der Waals surface area contributed by atoms with Crippen LogP contribution in [0.1, 0.15) is 57.8 Å². The van der Waals surface area contributed by atoms with Gasteiger partial charge in [-0.1, -0.05) is 12.8 Å². The predicted molar refractivity (Wildman–Crippen MR) is 75.6 cm³/mol. The molecule has 4 heteroatoms. The molecule has 2 rings (SSSR count). The maximum absolute atomic E-state index is 12.3. The second kappa shape index (κ2) is 6.71. The first-order valence-electron chi connectivity index (χ1n) is 7.77. The van der Waals surface area contributed by atoms with Crippen LogP contribution in [0.5, 0.6) is 0 Å². The summed E-state index contributed by atoms with van der Waals surface area (Å²) < 4.78 is 0. The lowest BCUT2D eigenvalue weighted by Gasteiger charge is -2.36. The number of carbonyl (C=O) groups is 1. The van der Waals surface area contributed by atoms with Crippen molar-refractivity contribution in [2.75, 3.05) is 7.05 Å². The summed E-state index contributed by atoms with van der Waals surface area (Å²) in [6.07, 6.45) is 8.54. The number of amides is 1. The molecule has 4 nitrogen and oxygen atoms in total. The highest BCUT2D eigenvalue weighted by atomic mass is 16.3. The lowest BCUT2D eigenvalue weighted by molar-refractivity contribution is -0.136. The number of likely N-dealkylation sites (N-methyl/N-ethyl adjacent to an activating group) is 1. The molecule has 2 aliphatic rings. The van der Waals surface area contributed by atoms with Gasteiger partial charge in [0.1, 0.15) is 0 Å². The third kappa shape index (κ3) is 3.93. The largest absolute Gasteiger partial charge is 0.391 e. The van der Waals surface area contributed by atoms with Crippen LogP contribution in [-0.4, -0.2) is 41.1 Å². The van der Waals surface area contributed by atoms with E-state index in [0.29, 0.717) is 18.4 Å². The summed E-state index contributed by atoms with van der Waals surface area (Å²) in [4.78, 5) is 14.1. The number of hydrogen-bond donors (Lipinski definition) is 2. The van der Waals surface area contributed by atoms with Crippen LogP contribution in [0.2, 0.25) is 0 Å². The van der Waals surface area contributed by atoms with Gasteiger partial charge in [-0.15, -0.1) is 0 Å². The Balaban J connectivity index is 1.81. The van der Waals surface area contributed by atoms with Gasteiger partial charge in [0, 0.05) is 19.5 Å². The number of nitrogens with two attached hydrogens (primary N) is 1. The van der Waals surface area contributed by atoms with Crippen molar-refractivity contribution in [2.45, 2.75) is 76.0 Å². The number of aliphatic hydroxyl groups excluding tert-OH is 1. The highest BCUT2D eigenvalue weighted by molar-refractivity contribution is 5.76. The summed E-state index contributed by atoms with van der Waals surface area (Å²) in [6.45, 7) is 0. The van der Waals surface area contributed by atoms with Gasteiger partial charge in [-0.3, -0.25) is 4.79 Å². The molecule has 0 bridgehead atoms. The standard InChI is InChI=1S/C15H28N2O2/c1-17(13-4-2-3-5-14(13)18)15(19)10-11-6-8-12(16)9-7-11/h11-14,18H,2-10,16H2,1H3. The van der Waals surface area contributed by atoms with Crippen molar-refractivity contribution >= 4 is 5.91 Å². The first kappa shape index (κ1) is 14.8. The fourth-order valence-corrected chi connectivity index (χ4v) is 3.51. The number of rotatable bonds is 3. The molecule has 2 fully saturated rings. The van der Waals surface area contributed by atoms with E-state index in [9.17, 15) is 9.90 Å². The topological polar surface area (TPSA) is 66.6 Å². The average Bonchev–Trinajstić information content (AvgIpc) is 2.41. The molecule has 3 N–H and O–H groups in total. The average molecular weight is 268 g/mol. The van der Waals surface area contributed by atoms with Crippen molar-refractivity contribution in [3.8, 4) is 0 Å². The van der Waals surface area contributed by atoms with Crippen LogP contribution >= 0.6 is 0 Å². The Labute approximate surface area is 116 Å². The maximum Gasteiger partial charge on any atom is 0.222 e. The molecule has 2 aliphatic carbocycles. The minimum absolute atomic E-state index is 0.0343. The van der Waals surface area contributed by atoms with Crippen LogP contribution in [0.15, 0.2) is 0 Å². The molecular weight excluding hydrogens is 240 g/mol. The van der Waals surface area contributed by atoms with Crippen LogP contribution in [0.3, 0.4) is 0 Å². The van der Waals surface area contributed by atoms with Gasteiger partial charge >= 0.3 is 0 Å². The Morgan fingerprint density at radius 2 is 1.79 bits per heavy atom. The molecule has 1 amide bonds. The zero-order valence-electron chi connectivity index (χ0n) is 12.1. The van der Waals surface area contributed by atoms with E-state index in [1.807, 2.05) is 7.05 Å². The van der Waals surface area contributed by atoms with Crippen molar-refractivity contribution in [2.24, 2.45) is 11.7 Å². The van der Waals surface area contributed by atoms with Gasteiger partial charge in [0.25, 0.3) is 0 Å². The molecule has 2 atom stereocenters. The van der Waals surface area contributed by atoms with E-state index in [4.69, 9.17) is 5.73 Å². The smallest absolute Gasteiger partial charge is 0.222 e. The quantitative estimate of drug-likeness (QED) is 0.818. The Kier molecular flexibility index (Phi) is 5.22. The van der Waals surface area contributed by atoms with E-state index in [0.717, 1.165) is 51.4 Å². The third-order valence-corrected chi connectivity index (χ3v) is 4.94. The highest BCUT2D eigenvalue weighted by Gasteiger charge is 2.30. The molecule has 0 aromatic heterocycles. The molecule has 0 spiro atoms. The highest BCUT2D eigenvalue weighted by Crippen LogP contribution is 2.28. The molecule has 0 aromatic carbocycles. The summed E-state index contributed by atoms with van der Waals surface area (Å²) in [7, 11) is 1.86. The van der Waals surface area contributed by atoms with Crippen molar-refractivity contribution in [1.29, 1.82) is 0 Å². The zero-order chi connectivity index (χ0) is 13.8. The second-order valence-electron chi connectivity index (χ2n) is 6.41. The Morgan fingerprint density at radius 1 is 1.16 bits per heavy atom. The van der Waals surface area contributed by atoms with Crippen LogP contribution in [-0.2, 0) is 4.79 Å². The molecule has 0 heterocycles. The van der Waals surface area contributed by atoms with Crippen molar-refractivity contribution < 1.29 is 9.90 Å². The number of aliphatic hydroxyl groups is 1. The van der Waals surface area contributed by atoms with Gasteiger partial charge < -0.3 is 15.7 Å². The summed E-state index contributed by atoms with van der Waals surface area (Å²) >= 11 is 0. The third-order valence-electron chi connectivity index (χ3n) is 4.94. The molecule has 2 unspecified atom stereocenters. The van der Waals surface area contributed by atoms with E-state index < -0.39 is 0 Å². The van der Waals surface area contributed by atoms with Gasteiger partial charge in [0.05, 0.1) is 12.1 Å². The Morgan fingerprint density at radius 3 is 2.42 bits per heavy atom. The van der Waals surface area contributed by atoms with Crippen molar-refractivity contribution in [1.82, 2.24) is 4.90 Å². The summed E-state index contributed by atoms with van der Waals surface area (Å²) in [5.41, 5.74) is 5.89. The SMILES string of the molecule is CN(C(=O)CC1CCC(N)CC1)C1CCCCC1O. The minimum Gasteiger partial charge on any atom is -0.391 e. The van der Waals surface area contributed by atoms with Crippen molar-refractivity contribution in [3.05, 3.63) is 0 Å². The van der Waals surface area contributed by atoms with E-state index in [1.165, 1.54) is 0 Å². The van der Waals surface area contributed by atoms with Crippen LogP contribution in [0.25, 0.3) is 0 Å². The van der Waals surface area contributed by atoms with Crippen LogP contribution in [0, 0.1) is 5.92 Å². The lowest BCUT2D eigenvalue weighted by Crippen LogP contribution is -2.46. The molecule has 0 radical (unpaired) electrons. The van der Waals surface area contributed by atoms with E-state index in [1.54, 1.807) is 4.90 Å². The summed E-state index contributed by atoms with van der Waals surface area (Å²) in [5, 5.41) is 10.0. The molecule has 0 aromatic rings. The van der Waals surface area contributed by atoms with Gasteiger partial charge in [0.2, 0.25) is 5.91 Å². The molecule has 0 saturated heterocycles. The molecule has 110 valence electrons. The molecular formula is C15H28N2O2. The normalized spacial score (nSPS) is 35.9. The number of nitrogens with zero attached hydrogens (tertiary/aromatic N) is 1. The molecule has 2 saturated carbocycles. The maximum atomic E-state index is 12.3. The second-order valence-corrected chi connectivity index (χ2v) is 6.41. The van der Waals surface area contributed by atoms with E-state index >= 15 is 0 Å². The van der Waals surface area contributed by atoms with Crippen LogP contribution < -0.4 is 5.73 Å². The zero-order valence-corrected chi connectivity index (χ0v) is 12.1. The summed E-state index contributed by atoms with van der Waals surface area (Å²) in [5.74, 6) is 0.696. The van der Waals surface area contributed by atoms with Gasteiger partial charge in [-0.05, 0) is 44.4 Å².